The molecule has 1 aromatic heterocycles. The van der Waals surface area contributed by atoms with Crippen LogP contribution in [0.2, 0.25) is 0 Å². The third-order valence-electron chi connectivity index (χ3n) is 4.53. The molecule has 0 atom stereocenters. The fraction of sp³-hybridized carbons (Fsp3) is 0.450. The van der Waals surface area contributed by atoms with Crippen LogP contribution in [0.3, 0.4) is 0 Å². The normalized spacial score (nSPS) is 14.9. The van der Waals surface area contributed by atoms with Gasteiger partial charge in [0.1, 0.15) is 11.3 Å². The van der Waals surface area contributed by atoms with Gasteiger partial charge in [-0.25, -0.2) is 0 Å². The van der Waals surface area contributed by atoms with Gasteiger partial charge in [-0.05, 0) is 25.5 Å². The highest BCUT2D eigenvalue weighted by Crippen LogP contribution is 2.19. The average Bonchev–Trinajstić information content (AvgIpc) is 3.05. The van der Waals surface area contributed by atoms with Gasteiger partial charge in [0.2, 0.25) is 11.8 Å². The number of furan rings is 1. The van der Waals surface area contributed by atoms with Crippen molar-refractivity contribution in [3.8, 4) is 0 Å². The molecule has 0 radical (unpaired) electrons. The van der Waals surface area contributed by atoms with Gasteiger partial charge in [-0.15, -0.1) is 24.0 Å². The van der Waals surface area contributed by atoms with Gasteiger partial charge >= 0.3 is 0 Å². The molecule has 2 amide bonds. The quantitative estimate of drug-likeness (QED) is 0.287. The van der Waals surface area contributed by atoms with Gasteiger partial charge in [0, 0.05) is 38.4 Å². The first-order valence-electron chi connectivity index (χ1n) is 9.38. The van der Waals surface area contributed by atoms with Crippen LogP contribution < -0.4 is 5.32 Å². The molecule has 0 spiro atoms. The maximum Gasteiger partial charge on any atom is 0.229 e. The lowest BCUT2D eigenvalue weighted by atomic mass is 10.1. The van der Waals surface area contributed by atoms with E-state index in [9.17, 15) is 9.59 Å². The number of likely N-dealkylation sites (tertiary alicyclic amines) is 1. The molecule has 28 heavy (non-hydrogen) atoms. The number of fused-ring (bicyclic) bond motifs is 1. The Morgan fingerprint density at radius 1 is 1.25 bits per heavy atom. The minimum atomic E-state index is -0.0953. The van der Waals surface area contributed by atoms with Gasteiger partial charge in [0.05, 0.1) is 13.1 Å². The summed E-state index contributed by atoms with van der Waals surface area (Å²) in [5.74, 6) is 1.38. The van der Waals surface area contributed by atoms with Crippen molar-refractivity contribution in [2.45, 2.75) is 32.7 Å². The van der Waals surface area contributed by atoms with Gasteiger partial charge in [-0.2, -0.15) is 0 Å². The zero-order valence-corrected chi connectivity index (χ0v) is 18.6. The highest BCUT2D eigenvalue weighted by molar-refractivity contribution is 14.0. The monoisotopic (exact) mass is 498 g/mol. The van der Waals surface area contributed by atoms with Gasteiger partial charge in [0.15, 0.2) is 5.96 Å². The average molecular weight is 498 g/mol. The molecule has 7 nitrogen and oxygen atoms in total. The lowest BCUT2D eigenvalue weighted by Gasteiger charge is -2.25. The summed E-state index contributed by atoms with van der Waals surface area (Å²) in [4.78, 5) is 31.6. The van der Waals surface area contributed by atoms with Crippen molar-refractivity contribution in [2.24, 2.45) is 4.99 Å². The minimum Gasteiger partial charge on any atom is -0.459 e. The Balaban J connectivity index is 0.00000280. The fourth-order valence-corrected chi connectivity index (χ4v) is 3.20. The van der Waals surface area contributed by atoms with Gasteiger partial charge < -0.3 is 14.6 Å². The van der Waals surface area contributed by atoms with Crippen molar-refractivity contribution in [3.05, 3.63) is 36.1 Å². The van der Waals surface area contributed by atoms with Crippen LogP contribution in [0.25, 0.3) is 11.0 Å². The molecule has 1 fully saturated rings. The lowest BCUT2D eigenvalue weighted by Crippen LogP contribution is -2.42. The van der Waals surface area contributed by atoms with Crippen LogP contribution in [0.5, 0.6) is 0 Å². The predicted octanol–water partition coefficient (Wildman–Crippen LogP) is 2.99. The van der Waals surface area contributed by atoms with E-state index in [1.165, 1.54) is 4.90 Å². The van der Waals surface area contributed by atoms with Crippen LogP contribution in [0.4, 0.5) is 0 Å². The summed E-state index contributed by atoms with van der Waals surface area (Å²) in [5.41, 5.74) is 0.866. The van der Waals surface area contributed by atoms with Gasteiger partial charge in [-0.3, -0.25) is 19.5 Å². The molecular weight excluding hydrogens is 471 g/mol. The van der Waals surface area contributed by atoms with E-state index in [1.807, 2.05) is 49.2 Å². The third-order valence-corrected chi connectivity index (χ3v) is 4.53. The molecule has 1 N–H and O–H groups in total. The van der Waals surface area contributed by atoms with Crippen molar-refractivity contribution in [1.29, 1.82) is 0 Å². The van der Waals surface area contributed by atoms with Crippen molar-refractivity contribution in [2.75, 3.05) is 26.7 Å². The van der Waals surface area contributed by atoms with Crippen LogP contribution in [0.15, 0.2) is 39.7 Å². The summed E-state index contributed by atoms with van der Waals surface area (Å²) in [7, 11) is 1.94. The number of aliphatic imine (C=N–C) groups is 1. The highest BCUT2D eigenvalue weighted by atomic mass is 127. The standard InChI is InChI=1S/C20H26N4O3.HI/c1-3-21-20(22-11-12-24-18(25)9-6-10-19(24)26)23(2)14-16-13-15-7-4-5-8-17(15)27-16;/h4-5,7-8,13H,3,6,9-12,14H2,1-2H3,(H,21,22);1H. The van der Waals surface area contributed by atoms with Gasteiger partial charge in [0.25, 0.3) is 0 Å². The molecule has 1 aliphatic rings. The number of nitrogens with one attached hydrogen (secondary N) is 1. The summed E-state index contributed by atoms with van der Waals surface area (Å²) in [6.45, 7) is 4.00. The Morgan fingerprint density at radius 2 is 1.96 bits per heavy atom. The first-order valence-corrected chi connectivity index (χ1v) is 9.38. The Kier molecular flexibility index (Phi) is 8.28. The van der Waals surface area contributed by atoms with Crippen molar-refractivity contribution in [1.82, 2.24) is 15.1 Å². The molecule has 0 saturated carbocycles. The second-order valence-corrected chi connectivity index (χ2v) is 6.63. The smallest absolute Gasteiger partial charge is 0.229 e. The van der Waals surface area contributed by atoms with E-state index in [0.29, 0.717) is 38.9 Å². The van der Waals surface area contributed by atoms with Crippen LogP contribution >= 0.6 is 24.0 Å². The summed E-state index contributed by atoms with van der Waals surface area (Å²) < 4.78 is 5.87. The molecule has 0 unspecified atom stereocenters. The first-order chi connectivity index (χ1) is 13.1. The number of nitrogens with zero attached hydrogens (tertiary/aromatic N) is 3. The van der Waals surface area contributed by atoms with Gasteiger partial charge in [-0.1, -0.05) is 18.2 Å². The molecule has 2 heterocycles. The van der Waals surface area contributed by atoms with Crippen LogP contribution in [0.1, 0.15) is 31.9 Å². The molecule has 3 rings (SSSR count). The molecular formula is C20H27IN4O3. The van der Waals surface area contributed by atoms with E-state index in [-0.39, 0.29) is 35.8 Å². The number of para-hydroxylation sites is 1. The number of benzene rings is 1. The summed E-state index contributed by atoms with van der Waals surface area (Å²) in [6, 6.07) is 9.94. The first kappa shape index (κ1) is 22.2. The predicted molar refractivity (Wildman–Crippen MR) is 120 cm³/mol. The molecule has 8 heteroatoms. The van der Waals surface area contributed by atoms with E-state index in [0.717, 1.165) is 29.2 Å². The fourth-order valence-electron chi connectivity index (χ4n) is 3.20. The van der Waals surface area contributed by atoms with Crippen molar-refractivity contribution in [3.63, 3.8) is 0 Å². The van der Waals surface area contributed by atoms with E-state index < -0.39 is 0 Å². The number of piperidine rings is 1. The minimum absolute atomic E-state index is 0. The molecule has 2 aromatic rings. The maximum atomic E-state index is 11.9. The maximum absolute atomic E-state index is 11.9. The van der Waals surface area contributed by atoms with E-state index >= 15 is 0 Å². The summed E-state index contributed by atoms with van der Waals surface area (Å²) in [6.07, 6.45) is 1.54. The number of amides is 2. The Morgan fingerprint density at radius 3 is 2.64 bits per heavy atom. The second-order valence-electron chi connectivity index (χ2n) is 6.63. The lowest BCUT2D eigenvalue weighted by molar-refractivity contribution is -0.147. The summed E-state index contributed by atoms with van der Waals surface area (Å²) >= 11 is 0. The number of guanidine groups is 1. The van der Waals surface area contributed by atoms with Crippen LogP contribution in [-0.4, -0.2) is 54.3 Å². The number of hydrogen-bond donors (Lipinski definition) is 1. The van der Waals surface area contributed by atoms with Crippen molar-refractivity contribution < 1.29 is 14.0 Å². The van der Waals surface area contributed by atoms with Crippen LogP contribution in [-0.2, 0) is 16.1 Å². The largest absolute Gasteiger partial charge is 0.459 e. The molecule has 1 aromatic carbocycles. The second kappa shape index (κ2) is 10.4. The number of rotatable bonds is 6. The third kappa shape index (κ3) is 5.46. The number of carbonyl (C=O) groups excluding carboxylic acids is 2. The number of carbonyl (C=O) groups is 2. The highest BCUT2D eigenvalue weighted by Gasteiger charge is 2.25. The summed E-state index contributed by atoms with van der Waals surface area (Å²) in [5, 5.41) is 4.32. The Hall–Kier alpha value is -2.10. The molecule has 152 valence electrons. The SMILES string of the molecule is CCNC(=NCCN1C(=O)CCCC1=O)N(C)Cc1cc2ccccc2o1.I. The number of imide groups is 1. The molecule has 0 bridgehead atoms. The molecule has 1 saturated heterocycles. The number of halogens is 1. The Labute approximate surface area is 182 Å². The van der Waals surface area contributed by atoms with Crippen LogP contribution in [0, 0.1) is 0 Å². The Bertz CT molecular complexity index is 800. The zero-order chi connectivity index (χ0) is 19.2. The van der Waals surface area contributed by atoms with E-state index in [2.05, 4.69) is 10.3 Å². The molecule has 1 aliphatic heterocycles. The van der Waals surface area contributed by atoms with E-state index in [1.54, 1.807) is 0 Å². The zero-order valence-electron chi connectivity index (χ0n) is 16.3. The van der Waals surface area contributed by atoms with E-state index in [4.69, 9.17) is 4.42 Å². The van der Waals surface area contributed by atoms with Crippen molar-refractivity contribution >= 4 is 52.7 Å². The number of hydrogen-bond acceptors (Lipinski definition) is 4. The topological polar surface area (TPSA) is 78.2 Å². The molecule has 0 aliphatic carbocycles.